The fraction of sp³-hybridized carbons (Fsp3) is 0.333. The molecule has 3 nitrogen and oxygen atoms in total. The van der Waals surface area contributed by atoms with Crippen LogP contribution in [0.15, 0.2) is 18.2 Å². The number of thiazole rings is 1. The van der Waals surface area contributed by atoms with E-state index in [1.54, 1.807) is 19.1 Å². The SMILES string of the molecule is Cc1ccc2nc(NC(=O)C(F)(F)C(F)(F)C(F)(F)F)sc2c1. The van der Waals surface area contributed by atoms with E-state index in [0.717, 1.165) is 5.56 Å². The van der Waals surface area contributed by atoms with E-state index in [2.05, 4.69) is 4.98 Å². The normalized spacial score (nSPS) is 13.4. The predicted molar refractivity (Wildman–Crippen MR) is 68.9 cm³/mol. The topological polar surface area (TPSA) is 42.0 Å². The number of aryl methyl sites for hydroxylation is 1. The molecule has 0 saturated heterocycles. The average molecular weight is 360 g/mol. The van der Waals surface area contributed by atoms with Crippen molar-refractivity contribution in [3.05, 3.63) is 23.8 Å². The predicted octanol–water partition coefficient (Wildman–Crippen LogP) is 4.38. The van der Waals surface area contributed by atoms with Crippen LogP contribution < -0.4 is 5.32 Å². The van der Waals surface area contributed by atoms with Crippen LogP contribution >= 0.6 is 11.3 Å². The second-order valence-corrected chi connectivity index (χ2v) is 5.62. The summed E-state index contributed by atoms with van der Waals surface area (Å²) in [7, 11) is 0. The minimum absolute atomic E-state index is 0.279. The molecule has 11 heteroatoms. The lowest BCUT2D eigenvalue weighted by atomic mass is 10.1. The van der Waals surface area contributed by atoms with Gasteiger partial charge >= 0.3 is 23.9 Å². The Bertz CT molecular complexity index is 753. The fourth-order valence-electron chi connectivity index (χ4n) is 1.58. The zero-order valence-corrected chi connectivity index (χ0v) is 12.0. The van der Waals surface area contributed by atoms with Crippen LogP contribution in [-0.2, 0) is 4.79 Å². The van der Waals surface area contributed by atoms with Crippen LogP contribution in [0, 0.1) is 6.92 Å². The van der Waals surface area contributed by atoms with Gasteiger partial charge in [-0.2, -0.15) is 30.7 Å². The van der Waals surface area contributed by atoms with Gasteiger partial charge in [0.25, 0.3) is 0 Å². The van der Waals surface area contributed by atoms with Crippen LogP contribution in [-0.4, -0.2) is 28.9 Å². The van der Waals surface area contributed by atoms with Crippen LogP contribution in [0.1, 0.15) is 5.56 Å². The minimum Gasteiger partial charge on any atom is -0.296 e. The van der Waals surface area contributed by atoms with Crippen molar-refractivity contribution in [2.75, 3.05) is 5.32 Å². The first-order valence-corrected chi connectivity index (χ1v) is 6.69. The van der Waals surface area contributed by atoms with Gasteiger partial charge in [-0.3, -0.25) is 10.1 Å². The standard InChI is InChI=1S/C12H7F7N2OS/c1-5-2-3-6-7(4-5)23-9(20-6)21-8(22)10(13,14)11(15,16)12(17,18)19/h2-4H,1H3,(H,20,21,22). The highest BCUT2D eigenvalue weighted by molar-refractivity contribution is 7.22. The van der Waals surface area contributed by atoms with E-state index in [1.165, 1.54) is 11.4 Å². The van der Waals surface area contributed by atoms with Gasteiger partial charge in [-0.1, -0.05) is 17.4 Å². The zero-order chi connectivity index (χ0) is 17.6. The van der Waals surface area contributed by atoms with E-state index in [1.807, 2.05) is 0 Å². The van der Waals surface area contributed by atoms with Crippen LogP contribution in [0.2, 0.25) is 0 Å². The van der Waals surface area contributed by atoms with Crippen molar-refractivity contribution in [2.45, 2.75) is 24.9 Å². The van der Waals surface area contributed by atoms with Gasteiger partial charge in [0.05, 0.1) is 10.2 Å². The minimum atomic E-state index is -6.57. The van der Waals surface area contributed by atoms with Gasteiger partial charge in [-0.05, 0) is 24.6 Å². The molecule has 23 heavy (non-hydrogen) atoms. The van der Waals surface area contributed by atoms with E-state index in [4.69, 9.17) is 0 Å². The van der Waals surface area contributed by atoms with E-state index in [9.17, 15) is 35.5 Å². The number of benzene rings is 1. The summed E-state index contributed by atoms with van der Waals surface area (Å²) in [6.07, 6.45) is -6.57. The number of anilines is 1. The quantitative estimate of drug-likeness (QED) is 0.826. The molecule has 1 amide bonds. The van der Waals surface area contributed by atoms with Crippen LogP contribution in [0.5, 0.6) is 0 Å². The number of fused-ring (bicyclic) bond motifs is 1. The smallest absolute Gasteiger partial charge is 0.296 e. The molecule has 0 radical (unpaired) electrons. The molecular weight excluding hydrogens is 353 g/mol. The highest BCUT2D eigenvalue weighted by atomic mass is 32.1. The summed E-state index contributed by atoms with van der Waals surface area (Å²) in [6, 6.07) is 4.70. The monoisotopic (exact) mass is 360 g/mol. The summed E-state index contributed by atoms with van der Waals surface area (Å²) in [4.78, 5) is 14.9. The summed E-state index contributed by atoms with van der Waals surface area (Å²) in [6.45, 7) is 1.72. The number of amides is 1. The van der Waals surface area contributed by atoms with Gasteiger partial charge in [0, 0.05) is 0 Å². The Hall–Kier alpha value is -1.91. The maximum absolute atomic E-state index is 13.2. The van der Waals surface area contributed by atoms with Crippen LogP contribution in [0.4, 0.5) is 35.9 Å². The Balaban J connectivity index is 2.29. The molecule has 2 rings (SSSR count). The Morgan fingerprint density at radius 1 is 1.13 bits per heavy atom. The largest absolute Gasteiger partial charge is 0.460 e. The Kier molecular flexibility index (Phi) is 4.04. The van der Waals surface area contributed by atoms with Gasteiger partial charge < -0.3 is 0 Å². The van der Waals surface area contributed by atoms with E-state index in [0.29, 0.717) is 16.0 Å². The zero-order valence-electron chi connectivity index (χ0n) is 11.1. The van der Waals surface area contributed by atoms with Gasteiger partial charge in [-0.25, -0.2) is 4.98 Å². The van der Waals surface area contributed by atoms with Crippen molar-refractivity contribution in [1.82, 2.24) is 4.98 Å². The molecule has 0 bridgehead atoms. The number of rotatable bonds is 3. The molecule has 0 unspecified atom stereocenters. The molecule has 0 saturated carbocycles. The van der Waals surface area contributed by atoms with Crippen molar-refractivity contribution in [3.63, 3.8) is 0 Å². The number of hydrogen-bond donors (Lipinski definition) is 1. The third kappa shape index (κ3) is 2.96. The van der Waals surface area contributed by atoms with Gasteiger partial charge in [0.1, 0.15) is 0 Å². The molecular formula is C12H7F7N2OS. The van der Waals surface area contributed by atoms with Gasteiger partial charge in [-0.15, -0.1) is 0 Å². The molecule has 0 aliphatic carbocycles. The Labute approximate surface area is 128 Å². The third-order valence-corrected chi connectivity index (χ3v) is 3.73. The van der Waals surface area contributed by atoms with Crippen LogP contribution in [0.3, 0.4) is 0 Å². The first kappa shape index (κ1) is 17.4. The van der Waals surface area contributed by atoms with E-state index >= 15 is 0 Å². The van der Waals surface area contributed by atoms with Crippen molar-refractivity contribution >= 4 is 32.6 Å². The number of carbonyl (C=O) groups is 1. The third-order valence-electron chi connectivity index (χ3n) is 2.80. The summed E-state index contributed by atoms with van der Waals surface area (Å²) in [5, 5.41) is 0.802. The van der Waals surface area contributed by atoms with E-state index < -0.39 is 29.1 Å². The molecule has 1 aromatic carbocycles. The first-order chi connectivity index (χ1) is 10.4. The highest BCUT2D eigenvalue weighted by Crippen LogP contribution is 2.47. The van der Waals surface area contributed by atoms with Crippen molar-refractivity contribution < 1.29 is 35.5 Å². The molecule has 0 aliphatic rings. The number of hydrogen-bond acceptors (Lipinski definition) is 3. The molecule has 126 valence electrons. The van der Waals surface area contributed by atoms with Crippen LogP contribution in [0.25, 0.3) is 10.2 Å². The number of aromatic nitrogens is 1. The number of alkyl halides is 7. The second kappa shape index (κ2) is 5.32. The van der Waals surface area contributed by atoms with Gasteiger partial charge in [0.2, 0.25) is 0 Å². The summed E-state index contributed by atoms with van der Waals surface area (Å²) >= 11 is 0.671. The number of nitrogens with zero attached hydrogens (tertiary/aromatic N) is 1. The fourth-order valence-corrected chi connectivity index (χ4v) is 2.54. The summed E-state index contributed by atoms with van der Waals surface area (Å²) < 4.78 is 88.4. The highest BCUT2D eigenvalue weighted by Gasteiger charge is 2.76. The lowest BCUT2D eigenvalue weighted by Crippen LogP contribution is -2.57. The Morgan fingerprint density at radius 2 is 1.74 bits per heavy atom. The number of nitrogens with one attached hydrogen (secondary N) is 1. The van der Waals surface area contributed by atoms with Crippen molar-refractivity contribution in [3.8, 4) is 0 Å². The Morgan fingerprint density at radius 3 is 2.30 bits per heavy atom. The molecule has 2 aromatic rings. The second-order valence-electron chi connectivity index (χ2n) is 4.59. The molecule has 1 heterocycles. The lowest BCUT2D eigenvalue weighted by Gasteiger charge is -2.26. The number of halogens is 7. The van der Waals surface area contributed by atoms with Gasteiger partial charge in [0.15, 0.2) is 5.13 Å². The van der Waals surface area contributed by atoms with Crippen molar-refractivity contribution in [2.24, 2.45) is 0 Å². The van der Waals surface area contributed by atoms with Crippen molar-refractivity contribution in [1.29, 1.82) is 0 Å². The molecule has 0 aliphatic heterocycles. The lowest BCUT2D eigenvalue weighted by molar-refractivity contribution is -0.343. The molecule has 0 fully saturated rings. The number of carbonyl (C=O) groups excluding carboxylic acids is 1. The van der Waals surface area contributed by atoms with E-state index in [-0.39, 0.29) is 5.52 Å². The summed E-state index contributed by atoms with van der Waals surface area (Å²) in [5.74, 6) is -15.3. The molecule has 0 atom stereocenters. The molecule has 0 spiro atoms. The molecule has 1 aromatic heterocycles. The summed E-state index contributed by atoms with van der Waals surface area (Å²) in [5.41, 5.74) is 1.06. The first-order valence-electron chi connectivity index (χ1n) is 5.87. The maximum atomic E-state index is 13.2. The average Bonchev–Trinajstić information content (AvgIpc) is 2.78. The molecule has 1 N–H and O–H groups in total. The maximum Gasteiger partial charge on any atom is 0.460 e.